The summed E-state index contributed by atoms with van der Waals surface area (Å²) in [6, 6.07) is 1.64. The van der Waals surface area contributed by atoms with E-state index in [4.69, 9.17) is 9.84 Å². The quantitative estimate of drug-likeness (QED) is 0.868. The third-order valence-electron chi connectivity index (χ3n) is 3.10. The first-order valence-electron chi connectivity index (χ1n) is 5.77. The second-order valence-corrected chi connectivity index (χ2v) is 5.41. The average molecular weight is 256 g/mol. The van der Waals surface area contributed by atoms with Crippen molar-refractivity contribution in [3.8, 4) is 5.75 Å². The van der Waals surface area contributed by atoms with Gasteiger partial charge in [0.2, 0.25) is 0 Å². The molecule has 0 amide bonds. The van der Waals surface area contributed by atoms with E-state index in [-0.39, 0.29) is 11.5 Å². The fourth-order valence-electron chi connectivity index (χ4n) is 2.13. The van der Waals surface area contributed by atoms with Gasteiger partial charge in [0.25, 0.3) is 0 Å². The van der Waals surface area contributed by atoms with E-state index < -0.39 is 11.6 Å². The van der Waals surface area contributed by atoms with Crippen molar-refractivity contribution in [3.63, 3.8) is 0 Å². The Morgan fingerprint density at radius 1 is 1.41 bits per heavy atom. The first kappa shape index (κ1) is 12.4. The molecule has 1 heterocycles. The van der Waals surface area contributed by atoms with Crippen molar-refractivity contribution in [1.29, 1.82) is 0 Å². The van der Waals surface area contributed by atoms with Gasteiger partial charge in [0.15, 0.2) is 4.88 Å². The molecule has 0 saturated heterocycles. The monoisotopic (exact) mass is 256 g/mol. The first-order chi connectivity index (χ1) is 8.11. The minimum Gasteiger partial charge on any atom is -0.489 e. The van der Waals surface area contributed by atoms with Gasteiger partial charge < -0.3 is 14.9 Å². The van der Waals surface area contributed by atoms with Crippen LogP contribution in [0.4, 0.5) is 0 Å². The highest BCUT2D eigenvalue weighted by Crippen LogP contribution is 2.30. The molecule has 0 atom stereocenters. The van der Waals surface area contributed by atoms with Crippen LogP contribution in [0.5, 0.6) is 5.75 Å². The average Bonchev–Trinajstić information content (AvgIpc) is 2.76. The van der Waals surface area contributed by atoms with Crippen molar-refractivity contribution in [1.82, 2.24) is 0 Å². The molecule has 2 N–H and O–H groups in total. The fourth-order valence-corrected chi connectivity index (χ4v) is 2.81. The van der Waals surface area contributed by atoms with Crippen LogP contribution in [0.25, 0.3) is 0 Å². The highest BCUT2D eigenvalue weighted by molar-refractivity contribution is 7.12. The van der Waals surface area contributed by atoms with Gasteiger partial charge in [0.1, 0.15) is 12.4 Å². The zero-order chi connectivity index (χ0) is 12.3. The van der Waals surface area contributed by atoms with Gasteiger partial charge in [-0.2, -0.15) is 0 Å². The zero-order valence-electron chi connectivity index (χ0n) is 9.52. The molecule has 2 rings (SSSR count). The molecule has 0 bridgehead atoms. The van der Waals surface area contributed by atoms with Crippen LogP contribution >= 0.6 is 11.3 Å². The number of hydrogen-bond acceptors (Lipinski definition) is 4. The second kappa shape index (κ2) is 5.06. The molecule has 1 aromatic rings. The molecule has 1 aliphatic rings. The number of aliphatic hydroxyl groups is 1. The predicted octanol–water partition coefficient (Wildman–Crippen LogP) is 2.52. The number of ether oxygens (including phenoxy) is 1. The molecule has 17 heavy (non-hydrogen) atoms. The Kier molecular flexibility index (Phi) is 3.69. The van der Waals surface area contributed by atoms with Crippen molar-refractivity contribution in [3.05, 3.63) is 16.3 Å². The largest absolute Gasteiger partial charge is 0.489 e. The van der Waals surface area contributed by atoms with Crippen molar-refractivity contribution < 1.29 is 19.7 Å². The summed E-state index contributed by atoms with van der Waals surface area (Å²) in [5.74, 6) is -0.618. The SMILES string of the molecule is O=C(O)c1sccc1OCC1(O)CCCCC1. The Morgan fingerprint density at radius 3 is 2.76 bits per heavy atom. The molecule has 1 aliphatic carbocycles. The lowest BCUT2D eigenvalue weighted by Crippen LogP contribution is -2.38. The molecule has 1 fully saturated rings. The Balaban J connectivity index is 1.97. The van der Waals surface area contributed by atoms with Gasteiger partial charge in [-0.05, 0) is 24.3 Å². The van der Waals surface area contributed by atoms with E-state index in [1.165, 1.54) is 0 Å². The number of rotatable bonds is 4. The van der Waals surface area contributed by atoms with Gasteiger partial charge in [-0.15, -0.1) is 11.3 Å². The summed E-state index contributed by atoms with van der Waals surface area (Å²) in [7, 11) is 0. The smallest absolute Gasteiger partial charge is 0.349 e. The van der Waals surface area contributed by atoms with Crippen LogP contribution in [0, 0.1) is 0 Å². The standard InChI is InChI=1S/C12H16O4S/c13-11(14)10-9(4-7-17-10)16-8-12(15)5-2-1-3-6-12/h4,7,15H,1-3,5-6,8H2,(H,13,14). The van der Waals surface area contributed by atoms with E-state index in [1.54, 1.807) is 11.4 Å². The molecule has 0 aliphatic heterocycles. The third-order valence-corrected chi connectivity index (χ3v) is 3.99. The van der Waals surface area contributed by atoms with Crippen LogP contribution in [0.3, 0.4) is 0 Å². The van der Waals surface area contributed by atoms with Crippen LogP contribution in [-0.4, -0.2) is 28.4 Å². The Morgan fingerprint density at radius 2 is 2.12 bits per heavy atom. The van der Waals surface area contributed by atoms with Crippen molar-refractivity contribution in [2.45, 2.75) is 37.7 Å². The molecule has 1 saturated carbocycles. The van der Waals surface area contributed by atoms with Crippen molar-refractivity contribution in [2.75, 3.05) is 6.61 Å². The molecule has 4 nitrogen and oxygen atoms in total. The van der Waals surface area contributed by atoms with Gasteiger partial charge in [-0.3, -0.25) is 0 Å². The highest BCUT2D eigenvalue weighted by Gasteiger charge is 2.30. The highest BCUT2D eigenvalue weighted by atomic mass is 32.1. The van der Waals surface area contributed by atoms with Gasteiger partial charge in [0, 0.05) is 0 Å². The Hall–Kier alpha value is -1.07. The third kappa shape index (κ3) is 2.98. The normalized spacial score (nSPS) is 18.9. The number of hydrogen-bond donors (Lipinski definition) is 2. The summed E-state index contributed by atoms with van der Waals surface area (Å²) in [6.07, 6.45) is 4.64. The Bertz CT molecular complexity index is 393. The molecular weight excluding hydrogens is 240 g/mol. The number of aromatic carboxylic acids is 1. The van der Waals surface area contributed by atoms with E-state index in [0.717, 1.165) is 43.4 Å². The summed E-state index contributed by atoms with van der Waals surface area (Å²) in [5, 5.41) is 20.8. The zero-order valence-corrected chi connectivity index (χ0v) is 10.3. The maximum atomic E-state index is 10.9. The second-order valence-electron chi connectivity index (χ2n) is 4.49. The number of thiophene rings is 1. The van der Waals surface area contributed by atoms with Crippen LogP contribution in [0.15, 0.2) is 11.4 Å². The molecular formula is C12H16O4S. The minimum atomic E-state index is -0.981. The topological polar surface area (TPSA) is 66.8 Å². The van der Waals surface area contributed by atoms with E-state index in [1.807, 2.05) is 0 Å². The molecule has 0 aromatic carbocycles. The molecule has 5 heteroatoms. The fraction of sp³-hybridized carbons (Fsp3) is 0.583. The molecule has 0 unspecified atom stereocenters. The maximum absolute atomic E-state index is 10.9. The Labute approximate surface area is 104 Å². The van der Waals surface area contributed by atoms with E-state index in [9.17, 15) is 9.90 Å². The van der Waals surface area contributed by atoms with Crippen LogP contribution < -0.4 is 4.74 Å². The maximum Gasteiger partial charge on any atom is 0.349 e. The number of carbonyl (C=O) groups is 1. The van der Waals surface area contributed by atoms with Crippen LogP contribution in [-0.2, 0) is 0 Å². The van der Waals surface area contributed by atoms with Gasteiger partial charge >= 0.3 is 5.97 Å². The lowest BCUT2D eigenvalue weighted by Gasteiger charge is -2.31. The van der Waals surface area contributed by atoms with Crippen molar-refractivity contribution in [2.24, 2.45) is 0 Å². The summed E-state index contributed by atoms with van der Waals surface area (Å²) in [5.41, 5.74) is -0.782. The molecule has 0 spiro atoms. The van der Waals surface area contributed by atoms with E-state index >= 15 is 0 Å². The number of carboxylic acid groups (broad SMARTS) is 1. The summed E-state index contributed by atoms with van der Waals surface area (Å²) in [6.45, 7) is 0.185. The number of carboxylic acids is 1. The molecule has 94 valence electrons. The van der Waals surface area contributed by atoms with E-state index in [2.05, 4.69) is 0 Å². The van der Waals surface area contributed by atoms with Gasteiger partial charge in [-0.25, -0.2) is 4.79 Å². The van der Waals surface area contributed by atoms with Crippen molar-refractivity contribution >= 4 is 17.3 Å². The summed E-state index contributed by atoms with van der Waals surface area (Å²) in [4.78, 5) is 11.1. The van der Waals surface area contributed by atoms with Crippen LogP contribution in [0.1, 0.15) is 41.8 Å². The van der Waals surface area contributed by atoms with Crippen LogP contribution in [0.2, 0.25) is 0 Å². The summed E-state index contributed by atoms with van der Waals surface area (Å²) >= 11 is 1.14. The molecule has 1 aromatic heterocycles. The molecule has 0 radical (unpaired) electrons. The lowest BCUT2D eigenvalue weighted by atomic mass is 9.85. The van der Waals surface area contributed by atoms with E-state index in [0.29, 0.717) is 5.75 Å². The lowest BCUT2D eigenvalue weighted by molar-refractivity contribution is -0.0340. The predicted molar refractivity (Wildman–Crippen MR) is 64.8 cm³/mol. The van der Waals surface area contributed by atoms with Gasteiger partial charge in [0.05, 0.1) is 5.60 Å². The van der Waals surface area contributed by atoms with Gasteiger partial charge in [-0.1, -0.05) is 19.3 Å². The minimum absolute atomic E-state index is 0.185. The summed E-state index contributed by atoms with van der Waals surface area (Å²) < 4.78 is 5.46. The first-order valence-corrected chi connectivity index (χ1v) is 6.65.